The third kappa shape index (κ3) is 3.72. The van der Waals surface area contributed by atoms with Gasteiger partial charge in [0.15, 0.2) is 0 Å². The van der Waals surface area contributed by atoms with E-state index < -0.39 is 0 Å². The Kier molecular flexibility index (Phi) is 4.61. The van der Waals surface area contributed by atoms with Gasteiger partial charge in [-0.3, -0.25) is 0 Å². The van der Waals surface area contributed by atoms with Gasteiger partial charge in [-0.05, 0) is 50.4 Å². The molecule has 0 bridgehead atoms. The Morgan fingerprint density at radius 3 is 2.67 bits per heavy atom. The summed E-state index contributed by atoms with van der Waals surface area (Å²) < 4.78 is 11.2. The fourth-order valence-electron chi connectivity index (χ4n) is 2.36. The van der Waals surface area contributed by atoms with Crippen LogP contribution in [0.4, 0.5) is 0 Å². The molecule has 1 saturated heterocycles. The van der Waals surface area contributed by atoms with Gasteiger partial charge in [0.25, 0.3) is 0 Å². The molecule has 1 aromatic carbocycles. The monoisotopic (exact) mass is 249 g/mol. The van der Waals surface area contributed by atoms with Crippen LogP contribution in [0.15, 0.2) is 24.3 Å². The van der Waals surface area contributed by atoms with Crippen LogP contribution in [-0.4, -0.2) is 32.4 Å². The van der Waals surface area contributed by atoms with Crippen molar-refractivity contribution in [3.05, 3.63) is 29.8 Å². The first-order valence-corrected chi connectivity index (χ1v) is 6.69. The molecule has 1 unspecified atom stereocenters. The lowest BCUT2D eigenvalue weighted by Gasteiger charge is -2.34. The van der Waals surface area contributed by atoms with Crippen molar-refractivity contribution in [2.24, 2.45) is 0 Å². The maximum atomic E-state index is 6.04. The van der Waals surface area contributed by atoms with Crippen LogP contribution in [0.3, 0.4) is 0 Å². The van der Waals surface area contributed by atoms with Crippen LogP contribution in [0, 0.1) is 0 Å². The van der Waals surface area contributed by atoms with Gasteiger partial charge >= 0.3 is 0 Å². The number of benzene rings is 1. The number of hydrogen-bond acceptors (Lipinski definition) is 3. The lowest BCUT2D eigenvalue weighted by molar-refractivity contribution is -0.0450. The summed E-state index contributed by atoms with van der Waals surface area (Å²) in [6, 6.07) is 8.20. The van der Waals surface area contributed by atoms with Gasteiger partial charge in [0.1, 0.15) is 5.75 Å². The number of ether oxygens (including phenoxy) is 2. The zero-order valence-electron chi connectivity index (χ0n) is 11.4. The lowest BCUT2D eigenvalue weighted by Crippen LogP contribution is -2.45. The van der Waals surface area contributed by atoms with E-state index in [-0.39, 0.29) is 5.60 Å². The first-order chi connectivity index (χ1) is 8.72. The van der Waals surface area contributed by atoms with Crippen LogP contribution >= 0.6 is 0 Å². The van der Waals surface area contributed by atoms with E-state index in [1.54, 1.807) is 7.11 Å². The van der Waals surface area contributed by atoms with Crippen molar-refractivity contribution in [3.8, 4) is 5.75 Å². The molecule has 0 amide bonds. The Morgan fingerprint density at radius 1 is 1.28 bits per heavy atom. The zero-order chi connectivity index (χ0) is 12.8. The Labute approximate surface area is 109 Å². The van der Waals surface area contributed by atoms with Crippen LogP contribution in [0.25, 0.3) is 0 Å². The number of methoxy groups -OCH3 is 1. The predicted octanol–water partition coefficient (Wildman–Crippen LogP) is 2.40. The summed E-state index contributed by atoms with van der Waals surface area (Å²) in [6.07, 6.45) is 3.32. The molecule has 1 aliphatic rings. The largest absolute Gasteiger partial charge is 0.497 e. The van der Waals surface area contributed by atoms with Gasteiger partial charge in [-0.1, -0.05) is 12.1 Å². The van der Waals surface area contributed by atoms with E-state index >= 15 is 0 Å². The minimum atomic E-state index is 0.0186. The molecule has 0 aromatic heterocycles. The van der Waals surface area contributed by atoms with Gasteiger partial charge in [0.2, 0.25) is 0 Å². The van der Waals surface area contributed by atoms with E-state index in [0.717, 1.165) is 38.3 Å². The molecular weight excluding hydrogens is 226 g/mol. The molecule has 1 aliphatic heterocycles. The molecule has 3 heteroatoms. The molecule has 2 rings (SSSR count). The quantitative estimate of drug-likeness (QED) is 0.869. The van der Waals surface area contributed by atoms with Crippen molar-refractivity contribution in [1.29, 1.82) is 0 Å². The molecule has 3 nitrogen and oxygen atoms in total. The summed E-state index contributed by atoms with van der Waals surface area (Å²) in [5.41, 5.74) is 1.31. The molecule has 0 radical (unpaired) electrons. The van der Waals surface area contributed by atoms with Gasteiger partial charge in [-0.25, -0.2) is 0 Å². The summed E-state index contributed by atoms with van der Waals surface area (Å²) in [7, 11) is 1.69. The van der Waals surface area contributed by atoms with E-state index in [4.69, 9.17) is 9.47 Å². The predicted molar refractivity (Wildman–Crippen MR) is 73.2 cm³/mol. The van der Waals surface area contributed by atoms with Gasteiger partial charge in [0.05, 0.1) is 19.3 Å². The van der Waals surface area contributed by atoms with E-state index in [1.165, 1.54) is 12.0 Å². The molecule has 100 valence electrons. The molecule has 0 saturated carbocycles. The number of piperidine rings is 1. The maximum absolute atomic E-state index is 6.04. The standard InChI is InChI=1S/C15H23NO2/c1-15(9-3-10-16-12-15)18-11-8-13-4-6-14(17-2)7-5-13/h4-7,16H,3,8-12H2,1-2H3. The third-order valence-corrected chi connectivity index (χ3v) is 3.56. The molecule has 1 fully saturated rings. The highest BCUT2D eigenvalue weighted by atomic mass is 16.5. The molecule has 0 aliphatic carbocycles. The lowest BCUT2D eigenvalue weighted by atomic mass is 9.96. The Morgan fingerprint density at radius 2 is 2.06 bits per heavy atom. The first kappa shape index (κ1) is 13.4. The minimum absolute atomic E-state index is 0.0186. The Bertz CT molecular complexity index is 355. The molecular formula is C15H23NO2. The highest BCUT2D eigenvalue weighted by Gasteiger charge is 2.26. The second-order valence-corrected chi connectivity index (χ2v) is 5.18. The first-order valence-electron chi connectivity index (χ1n) is 6.69. The van der Waals surface area contributed by atoms with Crippen LogP contribution < -0.4 is 10.1 Å². The van der Waals surface area contributed by atoms with Crippen LogP contribution in [-0.2, 0) is 11.2 Å². The van der Waals surface area contributed by atoms with Crippen molar-refractivity contribution in [2.45, 2.75) is 31.8 Å². The molecule has 1 heterocycles. The number of hydrogen-bond donors (Lipinski definition) is 1. The van der Waals surface area contributed by atoms with Gasteiger partial charge in [0, 0.05) is 6.54 Å². The second kappa shape index (κ2) is 6.21. The summed E-state index contributed by atoms with van der Waals surface area (Å²) in [5, 5.41) is 3.40. The van der Waals surface area contributed by atoms with Crippen molar-refractivity contribution in [3.63, 3.8) is 0 Å². The Balaban J connectivity index is 1.77. The Hall–Kier alpha value is -1.06. The fraction of sp³-hybridized carbons (Fsp3) is 0.600. The van der Waals surface area contributed by atoms with Crippen molar-refractivity contribution >= 4 is 0 Å². The average Bonchev–Trinajstić information content (AvgIpc) is 2.40. The van der Waals surface area contributed by atoms with Gasteiger partial charge < -0.3 is 14.8 Å². The van der Waals surface area contributed by atoms with Crippen molar-refractivity contribution < 1.29 is 9.47 Å². The SMILES string of the molecule is COc1ccc(CCOC2(C)CCCNC2)cc1. The molecule has 0 spiro atoms. The molecule has 18 heavy (non-hydrogen) atoms. The molecule has 1 N–H and O–H groups in total. The minimum Gasteiger partial charge on any atom is -0.497 e. The smallest absolute Gasteiger partial charge is 0.118 e. The second-order valence-electron chi connectivity index (χ2n) is 5.18. The highest BCUT2D eigenvalue weighted by molar-refractivity contribution is 5.27. The summed E-state index contributed by atoms with van der Waals surface area (Å²) in [5.74, 6) is 0.906. The average molecular weight is 249 g/mol. The van der Waals surface area contributed by atoms with Crippen molar-refractivity contribution in [2.75, 3.05) is 26.8 Å². The normalized spacial score (nSPS) is 23.9. The summed E-state index contributed by atoms with van der Waals surface area (Å²) in [6.45, 7) is 5.07. The number of nitrogens with one attached hydrogen (secondary N) is 1. The highest BCUT2D eigenvalue weighted by Crippen LogP contribution is 2.20. The molecule has 1 atom stereocenters. The summed E-state index contributed by atoms with van der Waals surface area (Å²) >= 11 is 0. The van der Waals surface area contributed by atoms with Gasteiger partial charge in [-0.2, -0.15) is 0 Å². The fourth-order valence-corrected chi connectivity index (χ4v) is 2.36. The maximum Gasteiger partial charge on any atom is 0.118 e. The van der Waals surface area contributed by atoms with E-state index in [0.29, 0.717) is 0 Å². The number of rotatable bonds is 5. The van der Waals surface area contributed by atoms with Crippen molar-refractivity contribution in [1.82, 2.24) is 5.32 Å². The van der Waals surface area contributed by atoms with Crippen LogP contribution in [0.5, 0.6) is 5.75 Å². The van der Waals surface area contributed by atoms with E-state index in [9.17, 15) is 0 Å². The molecule has 1 aromatic rings. The zero-order valence-corrected chi connectivity index (χ0v) is 11.4. The van der Waals surface area contributed by atoms with Gasteiger partial charge in [-0.15, -0.1) is 0 Å². The van der Waals surface area contributed by atoms with E-state index in [2.05, 4.69) is 24.4 Å². The van der Waals surface area contributed by atoms with Crippen LogP contribution in [0.2, 0.25) is 0 Å². The third-order valence-electron chi connectivity index (χ3n) is 3.56. The van der Waals surface area contributed by atoms with E-state index in [1.807, 2.05) is 12.1 Å². The topological polar surface area (TPSA) is 30.5 Å². The van der Waals surface area contributed by atoms with Crippen LogP contribution in [0.1, 0.15) is 25.3 Å². The summed E-state index contributed by atoms with van der Waals surface area (Å²) in [4.78, 5) is 0.